The van der Waals surface area contributed by atoms with Gasteiger partial charge in [-0.15, -0.1) is 12.4 Å². The van der Waals surface area contributed by atoms with E-state index in [-0.39, 0.29) is 12.4 Å². The van der Waals surface area contributed by atoms with Crippen LogP contribution in [0.5, 0.6) is 5.75 Å². The van der Waals surface area contributed by atoms with Gasteiger partial charge in [0.15, 0.2) is 0 Å². The first-order chi connectivity index (χ1) is 7.67. The van der Waals surface area contributed by atoms with Crippen molar-refractivity contribution in [2.75, 3.05) is 6.61 Å². The Bertz CT molecular complexity index is 333. The number of halogens is 2. The lowest BCUT2D eigenvalue weighted by atomic mass is 10.2. The predicted molar refractivity (Wildman–Crippen MR) is 79.2 cm³/mol. The maximum Gasteiger partial charge on any atom is 0.133 e. The molecule has 0 saturated carbocycles. The minimum Gasteiger partial charge on any atom is -0.493 e. The minimum atomic E-state index is 0. The fraction of sp³-hybridized carbons (Fsp3) is 0.538. The summed E-state index contributed by atoms with van der Waals surface area (Å²) in [6, 6.07) is 6.79. The summed E-state index contributed by atoms with van der Waals surface area (Å²) in [5.41, 5.74) is 1.27. The summed E-state index contributed by atoms with van der Waals surface area (Å²) in [4.78, 5) is 0. The van der Waals surface area contributed by atoms with Crippen LogP contribution in [0.4, 0.5) is 0 Å². The topological polar surface area (TPSA) is 21.3 Å². The molecule has 17 heavy (non-hydrogen) atoms. The van der Waals surface area contributed by atoms with Gasteiger partial charge in [0, 0.05) is 12.6 Å². The summed E-state index contributed by atoms with van der Waals surface area (Å²) in [7, 11) is 0. The average Bonchev–Trinajstić information content (AvgIpc) is 2.29. The molecule has 0 saturated heterocycles. The summed E-state index contributed by atoms with van der Waals surface area (Å²) >= 11 is 3.52. The molecule has 0 aromatic heterocycles. The number of nitrogens with one attached hydrogen (secondary N) is 1. The van der Waals surface area contributed by atoms with Crippen LogP contribution in [-0.4, -0.2) is 12.6 Å². The number of benzene rings is 1. The van der Waals surface area contributed by atoms with Crippen LogP contribution in [0.25, 0.3) is 0 Å². The monoisotopic (exact) mass is 321 g/mol. The quantitative estimate of drug-likeness (QED) is 0.849. The Hall–Kier alpha value is -0.250. The van der Waals surface area contributed by atoms with Crippen LogP contribution in [-0.2, 0) is 6.54 Å². The third-order valence-electron chi connectivity index (χ3n) is 2.56. The number of hydrogen-bond acceptors (Lipinski definition) is 2. The lowest BCUT2D eigenvalue weighted by molar-refractivity contribution is 0.338. The van der Waals surface area contributed by atoms with E-state index in [1.165, 1.54) is 5.56 Å². The van der Waals surface area contributed by atoms with E-state index < -0.39 is 0 Å². The number of hydrogen-bond donors (Lipinski definition) is 1. The van der Waals surface area contributed by atoms with Gasteiger partial charge < -0.3 is 10.1 Å². The zero-order valence-electron chi connectivity index (χ0n) is 10.6. The highest BCUT2D eigenvalue weighted by atomic mass is 79.9. The van der Waals surface area contributed by atoms with Gasteiger partial charge in [0.25, 0.3) is 0 Å². The van der Waals surface area contributed by atoms with Gasteiger partial charge in [-0.1, -0.05) is 13.0 Å². The van der Waals surface area contributed by atoms with Gasteiger partial charge in [0.2, 0.25) is 0 Å². The molecule has 1 atom stereocenters. The Balaban J connectivity index is 0.00000256. The highest BCUT2D eigenvalue weighted by Gasteiger charge is 2.03. The molecule has 0 radical (unpaired) electrons. The van der Waals surface area contributed by atoms with Crippen LogP contribution >= 0.6 is 28.3 Å². The second-order valence-electron chi connectivity index (χ2n) is 3.89. The molecule has 4 heteroatoms. The standard InChI is InChI=1S/C13H20BrNO.ClH/c1-4-10(3)15-9-11-6-7-13(16-5-2)12(14)8-11;/h6-8,10,15H,4-5,9H2,1-3H3;1H. The lowest BCUT2D eigenvalue weighted by Gasteiger charge is -2.12. The highest BCUT2D eigenvalue weighted by Crippen LogP contribution is 2.25. The maximum absolute atomic E-state index is 5.47. The Morgan fingerprint density at radius 3 is 2.59 bits per heavy atom. The summed E-state index contributed by atoms with van der Waals surface area (Å²) in [5, 5.41) is 3.47. The Morgan fingerprint density at radius 1 is 1.35 bits per heavy atom. The van der Waals surface area contributed by atoms with Crippen molar-refractivity contribution >= 4 is 28.3 Å². The molecular weight excluding hydrogens is 302 g/mol. The molecule has 2 nitrogen and oxygen atoms in total. The molecule has 1 unspecified atom stereocenters. The van der Waals surface area contributed by atoms with Crippen molar-refractivity contribution in [3.05, 3.63) is 28.2 Å². The first-order valence-corrected chi connectivity index (χ1v) is 6.61. The van der Waals surface area contributed by atoms with Crippen LogP contribution in [0.2, 0.25) is 0 Å². The predicted octanol–water partition coefficient (Wildman–Crippen LogP) is 4.16. The molecule has 0 aliphatic carbocycles. The normalized spacial score (nSPS) is 11.8. The third-order valence-corrected chi connectivity index (χ3v) is 3.18. The third kappa shape index (κ3) is 5.75. The van der Waals surface area contributed by atoms with E-state index in [1.54, 1.807) is 0 Å². The van der Waals surface area contributed by atoms with E-state index in [9.17, 15) is 0 Å². The molecule has 0 aliphatic rings. The fourth-order valence-electron chi connectivity index (χ4n) is 1.36. The smallest absolute Gasteiger partial charge is 0.133 e. The van der Waals surface area contributed by atoms with Gasteiger partial charge in [-0.05, 0) is 53.9 Å². The minimum absolute atomic E-state index is 0. The van der Waals surface area contributed by atoms with Crippen molar-refractivity contribution in [2.24, 2.45) is 0 Å². The largest absolute Gasteiger partial charge is 0.493 e. The molecule has 0 fully saturated rings. The van der Waals surface area contributed by atoms with Crippen LogP contribution < -0.4 is 10.1 Å². The average molecular weight is 323 g/mol. The van der Waals surface area contributed by atoms with E-state index in [2.05, 4.69) is 47.2 Å². The first kappa shape index (κ1) is 16.8. The van der Waals surface area contributed by atoms with Gasteiger partial charge in [0.05, 0.1) is 11.1 Å². The first-order valence-electron chi connectivity index (χ1n) is 5.82. The molecule has 0 aliphatic heterocycles. The summed E-state index contributed by atoms with van der Waals surface area (Å²) in [5.74, 6) is 0.912. The van der Waals surface area contributed by atoms with Crippen molar-refractivity contribution in [1.82, 2.24) is 5.32 Å². The second kappa shape index (κ2) is 8.78. The van der Waals surface area contributed by atoms with Gasteiger partial charge in [-0.25, -0.2) is 0 Å². The Kier molecular flexibility index (Phi) is 8.66. The van der Waals surface area contributed by atoms with E-state index >= 15 is 0 Å². The van der Waals surface area contributed by atoms with E-state index in [1.807, 2.05) is 13.0 Å². The molecular formula is C13H21BrClNO. The fourth-order valence-corrected chi connectivity index (χ4v) is 1.90. The molecule has 1 aromatic carbocycles. The van der Waals surface area contributed by atoms with Crippen molar-refractivity contribution < 1.29 is 4.74 Å². The molecule has 98 valence electrons. The summed E-state index contributed by atoms with van der Waals surface area (Å²) in [6.07, 6.45) is 1.15. The zero-order valence-corrected chi connectivity index (χ0v) is 13.0. The van der Waals surface area contributed by atoms with Gasteiger partial charge >= 0.3 is 0 Å². The summed E-state index contributed by atoms with van der Waals surface area (Å²) < 4.78 is 6.50. The molecule has 0 amide bonds. The van der Waals surface area contributed by atoms with Crippen LogP contribution in [0, 0.1) is 0 Å². The SMILES string of the molecule is CCOc1ccc(CNC(C)CC)cc1Br.Cl. The number of rotatable bonds is 6. The van der Waals surface area contributed by atoms with Gasteiger partial charge in [-0.3, -0.25) is 0 Å². The maximum atomic E-state index is 5.47. The van der Waals surface area contributed by atoms with Crippen LogP contribution in [0.1, 0.15) is 32.8 Å². The van der Waals surface area contributed by atoms with Crippen molar-refractivity contribution in [3.63, 3.8) is 0 Å². The zero-order chi connectivity index (χ0) is 12.0. The highest BCUT2D eigenvalue weighted by molar-refractivity contribution is 9.10. The molecule has 1 N–H and O–H groups in total. The van der Waals surface area contributed by atoms with Gasteiger partial charge in [0.1, 0.15) is 5.75 Å². The van der Waals surface area contributed by atoms with E-state index in [0.717, 1.165) is 23.2 Å². The van der Waals surface area contributed by atoms with Crippen LogP contribution in [0.15, 0.2) is 22.7 Å². The molecule has 0 spiro atoms. The lowest BCUT2D eigenvalue weighted by Crippen LogP contribution is -2.24. The molecule has 0 bridgehead atoms. The van der Waals surface area contributed by atoms with Gasteiger partial charge in [-0.2, -0.15) is 0 Å². The number of ether oxygens (including phenoxy) is 1. The molecule has 1 rings (SSSR count). The molecule has 0 heterocycles. The van der Waals surface area contributed by atoms with Crippen molar-refractivity contribution in [2.45, 2.75) is 39.8 Å². The van der Waals surface area contributed by atoms with Crippen LogP contribution in [0.3, 0.4) is 0 Å². The Morgan fingerprint density at radius 2 is 2.06 bits per heavy atom. The second-order valence-corrected chi connectivity index (χ2v) is 4.74. The summed E-state index contributed by atoms with van der Waals surface area (Å²) in [6.45, 7) is 7.98. The van der Waals surface area contributed by atoms with Crippen molar-refractivity contribution in [1.29, 1.82) is 0 Å². The van der Waals surface area contributed by atoms with Crippen molar-refractivity contribution in [3.8, 4) is 5.75 Å². The van der Waals surface area contributed by atoms with E-state index in [4.69, 9.17) is 4.74 Å². The Labute approximate surface area is 119 Å². The molecule has 1 aromatic rings. The van der Waals surface area contributed by atoms with E-state index in [0.29, 0.717) is 12.6 Å².